The minimum Gasteiger partial charge on any atom is -0.494 e. The molecule has 1 fully saturated rings. The fraction of sp³-hybridized carbons (Fsp3) is 0.462. The van der Waals surface area contributed by atoms with Gasteiger partial charge in [-0.3, -0.25) is 4.79 Å². The fourth-order valence-corrected chi connectivity index (χ4v) is 1.82. The molecule has 1 aliphatic heterocycles. The van der Waals surface area contributed by atoms with Crippen LogP contribution < -0.4 is 15.4 Å². The second-order valence-corrected chi connectivity index (χ2v) is 4.47. The van der Waals surface area contributed by atoms with Gasteiger partial charge in [0.15, 0.2) is 11.6 Å². The van der Waals surface area contributed by atoms with Crippen molar-refractivity contribution in [1.82, 2.24) is 10.6 Å². The molecule has 1 amide bonds. The van der Waals surface area contributed by atoms with Crippen LogP contribution in [-0.4, -0.2) is 32.7 Å². The van der Waals surface area contributed by atoms with Gasteiger partial charge in [0, 0.05) is 25.6 Å². The van der Waals surface area contributed by atoms with Gasteiger partial charge in [0.05, 0.1) is 13.5 Å². The molecule has 1 heterocycles. The van der Waals surface area contributed by atoms with Crippen LogP contribution >= 0.6 is 12.4 Å². The minimum atomic E-state index is -0.439. The highest BCUT2D eigenvalue weighted by Gasteiger charge is 2.17. The lowest BCUT2D eigenvalue weighted by Crippen LogP contribution is -2.48. The summed E-state index contributed by atoms with van der Waals surface area (Å²) in [6.07, 6.45) is 0.195. The molecule has 2 N–H and O–H groups in total. The third-order valence-corrected chi connectivity index (χ3v) is 3.03. The van der Waals surface area contributed by atoms with E-state index < -0.39 is 5.82 Å². The van der Waals surface area contributed by atoms with E-state index in [1.807, 2.05) is 0 Å². The zero-order chi connectivity index (χ0) is 13.0. The number of hydrogen-bond donors (Lipinski definition) is 2. The van der Waals surface area contributed by atoms with Crippen LogP contribution in [0.3, 0.4) is 0 Å². The minimum absolute atomic E-state index is 0. The molecule has 1 aromatic rings. The van der Waals surface area contributed by atoms with Gasteiger partial charge in [-0.1, -0.05) is 6.07 Å². The molecule has 4 nitrogen and oxygen atoms in total. The van der Waals surface area contributed by atoms with Crippen molar-refractivity contribution in [1.29, 1.82) is 0 Å². The standard InChI is InChI=1S/C13H17FN2O2.ClH/c1-18-12-3-2-9(4-11(12)14)5-13(17)16-8-10-6-15-7-10;/h2-4,10,15H,5-8H2,1H3,(H,16,17);1H. The van der Waals surface area contributed by atoms with Gasteiger partial charge in [-0.25, -0.2) is 4.39 Å². The SMILES string of the molecule is COc1ccc(CC(=O)NCC2CNC2)cc1F.Cl. The highest BCUT2D eigenvalue weighted by atomic mass is 35.5. The first-order valence-electron chi connectivity index (χ1n) is 5.99. The molecule has 19 heavy (non-hydrogen) atoms. The Morgan fingerprint density at radius 1 is 1.53 bits per heavy atom. The molecule has 0 radical (unpaired) electrons. The first-order valence-corrected chi connectivity index (χ1v) is 5.99. The average molecular weight is 289 g/mol. The number of hydrogen-bond acceptors (Lipinski definition) is 3. The Morgan fingerprint density at radius 3 is 2.79 bits per heavy atom. The number of halogens is 2. The van der Waals surface area contributed by atoms with Crippen molar-refractivity contribution in [3.63, 3.8) is 0 Å². The van der Waals surface area contributed by atoms with Crippen LogP contribution in [0.4, 0.5) is 4.39 Å². The smallest absolute Gasteiger partial charge is 0.224 e. The van der Waals surface area contributed by atoms with E-state index in [4.69, 9.17) is 4.74 Å². The Labute approximate surface area is 118 Å². The fourth-order valence-electron chi connectivity index (χ4n) is 1.82. The molecule has 0 aliphatic carbocycles. The van der Waals surface area contributed by atoms with Crippen LogP contribution in [-0.2, 0) is 11.2 Å². The van der Waals surface area contributed by atoms with Crippen molar-refractivity contribution in [2.24, 2.45) is 5.92 Å². The van der Waals surface area contributed by atoms with Gasteiger partial charge in [0.1, 0.15) is 0 Å². The van der Waals surface area contributed by atoms with Crippen LogP contribution in [0.25, 0.3) is 0 Å². The molecule has 0 saturated carbocycles. The third kappa shape index (κ3) is 4.36. The first-order chi connectivity index (χ1) is 8.69. The van der Waals surface area contributed by atoms with Gasteiger partial charge in [0.2, 0.25) is 5.91 Å². The van der Waals surface area contributed by atoms with Crippen LogP contribution in [0.5, 0.6) is 5.75 Å². The van der Waals surface area contributed by atoms with E-state index in [2.05, 4.69) is 10.6 Å². The van der Waals surface area contributed by atoms with E-state index in [0.29, 0.717) is 18.0 Å². The maximum Gasteiger partial charge on any atom is 0.224 e. The predicted molar refractivity (Wildman–Crippen MR) is 73.3 cm³/mol. The highest BCUT2D eigenvalue weighted by molar-refractivity contribution is 5.85. The van der Waals surface area contributed by atoms with E-state index in [1.54, 1.807) is 6.07 Å². The number of benzene rings is 1. The molecular formula is C13H18ClFN2O2. The highest BCUT2D eigenvalue weighted by Crippen LogP contribution is 2.17. The van der Waals surface area contributed by atoms with Crippen molar-refractivity contribution in [3.05, 3.63) is 29.6 Å². The number of carbonyl (C=O) groups is 1. The number of ether oxygens (including phenoxy) is 1. The summed E-state index contributed by atoms with van der Waals surface area (Å²) in [5.41, 5.74) is 0.650. The zero-order valence-electron chi connectivity index (χ0n) is 10.7. The van der Waals surface area contributed by atoms with Gasteiger partial charge >= 0.3 is 0 Å². The van der Waals surface area contributed by atoms with E-state index in [9.17, 15) is 9.18 Å². The molecule has 6 heteroatoms. The van der Waals surface area contributed by atoms with Crippen LogP contribution in [0.2, 0.25) is 0 Å². The molecule has 106 valence electrons. The molecule has 1 aliphatic rings. The number of amides is 1. The molecule has 1 aromatic carbocycles. The number of carbonyl (C=O) groups excluding carboxylic acids is 1. The van der Waals surface area contributed by atoms with Gasteiger partial charge in [-0.05, 0) is 17.7 Å². The Balaban J connectivity index is 0.00000180. The quantitative estimate of drug-likeness (QED) is 0.854. The summed E-state index contributed by atoms with van der Waals surface area (Å²) >= 11 is 0. The molecule has 2 rings (SSSR count). The molecule has 0 spiro atoms. The maximum atomic E-state index is 13.4. The van der Waals surface area contributed by atoms with E-state index >= 15 is 0 Å². The number of rotatable bonds is 5. The van der Waals surface area contributed by atoms with Crippen molar-refractivity contribution in [2.45, 2.75) is 6.42 Å². The number of nitrogens with one attached hydrogen (secondary N) is 2. The van der Waals surface area contributed by atoms with Crippen molar-refractivity contribution in [2.75, 3.05) is 26.7 Å². The second-order valence-electron chi connectivity index (χ2n) is 4.47. The average Bonchev–Trinajstić information content (AvgIpc) is 2.27. The van der Waals surface area contributed by atoms with E-state index in [-0.39, 0.29) is 30.5 Å². The third-order valence-electron chi connectivity index (χ3n) is 3.03. The normalized spacial score (nSPS) is 14.2. The van der Waals surface area contributed by atoms with Crippen molar-refractivity contribution < 1.29 is 13.9 Å². The van der Waals surface area contributed by atoms with E-state index in [1.165, 1.54) is 19.2 Å². The second kappa shape index (κ2) is 7.31. The summed E-state index contributed by atoms with van der Waals surface area (Å²) in [6.45, 7) is 2.60. The van der Waals surface area contributed by atoms with Gasteiger partial charge < -0.3 is 15.4 Å². The lowest BCUT2D eigenvalue weighted by Gasteiger charge is -2.27. The van der Waals surface area contributed by atoms with Crippen LogP contribution in [0.15, 0.2) is 18.2 Å². The first kappa shape index (κ1) is 15.7. The molecule has 1 saturated heterocycles. The summed E-state index contributed by atoms with van der Waals surface area (Å²) in [5, 5.41) is 5.99. The largest absolute Gasteiger partial charge is 0.494 e. The predicted octanol–water partition coefficient (Wildman–Crippen LogP) is 1.13. The molecule has 0 atom stereocenters. The van der Waals surface area contributed by atoms with E-state index in [0.717, 1.165) is 13.1 Å². The Hall–Kier alpha value is -1.33. The Kier molecular flexibility index (Phi) is 6.05. The van der Waals surface area contributed by atoms with Crippen LogP contribution in [0.1, 0.15) is 5.56 Å². The monoisotopic (exact) mass is 288 g/mol. The lowest BCUT2D eigenvalue weighted by molar-refractivity contribution is -0.120. The summed E-state index contributed by atoms with van der Waals surface area (Å²) < 4.78 is 18.2. The summed E-state index contributed by atoms with van der Waals surface area (Å²) in [6, 6.07) is 4.57. The molecule has 0 aromatic heterocycles. The van der Waals surface area contributed by atoms with Crippen LogP contribution in [0, 0.1) is 11.7 Å². The van der Waals surface area contributed by atoms with Gasteiger partial charge in [0.25, 0.3) is 0 Å². The molecule has 0 bridgehead atoms. The molecule has 0 unspecified atom stereocenters. The summed E-state index contributed by atoms with van der Waals surface area (Å²) in [7, 11) is 1.41. The summed E-state index contributed by atoms with van der Waals surface area (Å²) in [5.74, 6) is 0.207. The molecular weight excluding hydrogens is 271 g/mol. The van der Waals surface area contributed by atoms with Gasteiger partial charge in [-0.15, -0.1) is 12.4 Å². The van der Waals surface area contributed by atoms with Gasteiger partial charge in [-0.2, -0.15) is 0 Å². The number of methoxy groups -OCH3 is 1. The lowest BCUT2D eigenvalue weighted by atomic mass is 10.0. The van der Waals surface area contributed by atoms with Crippen molar-refractivity contribution in [3.8, 4) is 5.75 Å². The zero-order valence-corrected chi connectivity index (χ0v) is 11.6. The maximum absolute atomic E-state index is 13.4. The topological polar surface area (TPSA) is 50.4 Å². The Morgan fingerprint density at radius 2 is 2.26 bits per heavy atom. The Bertz CT molecular complexity index is 439. The summed E-state index contributed by atoms with van der Waals surface area (Å²) in [4.78, 5) is 11.6. The van der Waals surface area contributed by atoms with Crippen molar-refractivity contribution >= 4 is 18.3 Å².